The molecule has 2 saturated carbocycles. The first-order valence-electron chi connectivity index (χ1n) is 4.92. The molecule has 0 aromatic heterocycles. The van der Waals surface area contributed by atoms with E-state index < -0.39 is 0 Å². The molecule has 13 heavy (non-hydrogen) atoms. The molecule has 2 aliphatic rings. The van der Waals surface area contributed by atoms with Crippen molar-refractivity contribution in [3.63, 3.8) is 0 Å². The van der Waals surface area contributed by atoms with E-state index in [2.05, 4.69) is 19.9 Å². The predicted molar refractivity (Wildman–Crippen MR) is 53.6 cm³/mol. The molecule has 2 unspecified atom stereocenters. The van der Waals surface area contributed by atoms with Gasteiger partial charge < -0.3 is 0 Å². The van der Waals surface area contributed by atoms with Crippen LogP contribution in [0.5, 0.6) is 0 Å². The van der Waals surface area contributed by atoms with Gasteiger partial charge in [0.05, 0.1) is 0 Å². The van der Waals surface area contributed by atoms with E-state index >= 15 is 0 Å². The molecule has 1 nitrogen and oxygen atoms in total. The highest BCUT2D eigenvalue weighted by Crippen LogP contribution is 2.60. The largest absolute Gasteiger partial charge is 0.281 e. The summed E-state index contributed by atoms with van der Waals surface area (Å²) in [4.78, 5) is 11.1. The Morgan fingerprint density at radius 1 is 1.54 bits per heavy atom. The van der Waals surface area contributed by atoms with E-state index in [-0.39, 0.29) is 16.6 Å². The van der Waals surface area contributed by atoms with Crippen molar-refractivity contribution in [3.05, 3.63) is 11.6 Å². The van der Waals surface area contributed by atoms with Crippen molar-refractivity contribution in [1.29, 1.82) is 0 Å². The molecule has 0 aromatic rings. The summed E-state index contributed by atoms with van der Waals surface area (Å²) in [6.45, 7) is 4.25. The highest BCUT2D eigenvalue weighted by atomic mass is 35.5. The lowest BCUT2D eigenvalue weighted by Crippen LogP contribution is -1.98. The lowest BCUT2D eigenvalue weighted by molar-refractivity contribution is -0.113. The lowest BCUT2D eigenvalue weighted by Gasteiger charge is -2.16. The van der Waals surface area contributed by atoms with Crippen molar-refractivity contribution in [2.75, 3.05) is 0 Å². The van der Waals surface area contributed by atoms with Gasteiger partial charge in [-0.2, -0.15) is 0 Å². The van der Waals surface area contributed by atoms with Crippen LogP contribution in [0, 0.1) is 17.3 Å². The van der Waals surface area contributed by atoms with Gasteiger partial charge in [-0.05, 0) is 42.2 Å². The Hall–Kier alpha value is -0.300. The number of hydrogen-bond acceptors (Lipinski definition) is 1. The number of carbonyl (C=O) groups excluding carboxylic acids is 1. The second-order valence-electron chi connectivity index (χ2n) is 4.81. The van der Waals surface area contributed by atoms with E-state index in [1.807, 2.05) is 0 Å². The summed E-state index contributed by atoms with van der Waals surface area (Å²) in [5.74, 6) is 0.482. The third-order valence-electron chi connectivity index (χ3n) is 3.57. The molecule has 2 aliphatic carbocycles. The highest BCUT2D eigenvalue weighted by molar-refractivity contribution is 6.64. The van der Waals surface area contributed by atoms with Gasteiger partial charge >= 0.3 is 0 Å². The second kappa shape index (κ2) is 2.84. The minimum absolute atomic E-state index is 0.0715. The van der Waals surface area contributed by atoms with Crippen molar-refractivity contribution < 1.29 is 4.79 Å². The fourth-order valence-electron chi connectivity index (χ4n) is 2.22. The zero-order valence-electron chi connectivity index (χ0n) is 8.14. The molecule has 2 rings (SSSR count). The number of hydrogen-bond donors (Lipinski definition) is 0. The summed E-state index contributed by atoms with van der Waals surface area (Å²) in [6.07, 6.45) is 6.07. The van der Waals surface area contributed by atoms with E-state index in [0.29, 0.717) is 5.92 Å². The van der Waals surface area contributed by atoms with Crippen LogP contribution >= 0.6 is 11.6 Å². The average Bonchev–Trinajstić information content (AvgIpc) is 2.44. The fraction of sp³-hybridized carbons (Fsp3) is 0.727. The normalized spacial score (nSPS) is 35.2. The number of allylic oxidation sites excluding steroid dienone is 2. The van der Waals surface area contributed by atoms with E-state index in [1.54, 1.807) is 0 Å². The van der Waals surface area contributed by atoms with Gasteiger partial charge in [0, 0.05) is 5.92 Å². The van der Waals surface area contributed by atoms with E-state index in [9.17, 15) is 4.79 Å². The van der Waals surface area contributed by atoms with Crippen LogP contribution in [0.3, 0.4) is 0 Å². The minimum atomic E-state index is -0.161. The molecule has 0 radical (unpaired) electrons. The zero-order valence-corrected chi connectivity index (χ0v) is 8.90. The third-order valence-corrected chi connectivity index (χ3v) is 3.80. The Kier molecular flexibility index (Phi) is 2.03. The van der Waals surface area contributed by atoms with Gasteiger partial charge in [0.1, 0.15) is 0 Å². The summed E-state index contributed by atoms with van der Waals surface area (Å²) >= 11 is 5.53. The maximum atomic E-state index is 11.1. The first kappa shape index (κ1) is 9.26. The lowest BCUT2D eigenvalue weighted by atomic mass is 9.90. The van der Waals surface area contributed by atoms with Crippen molar-refractivity contribution in [1.82, 2.24) is 0 Å². The summed E-state index contributed by atoms with van der Waals surface area (Å²) < 4.78 is 0. The maximum Gasteiger partial charge on any atom is 0.225 e. The molecule has 0 aromatic carbocycles. The SMILES string of the molecule is CC1(C)C(C=C2CCC2)C1C(=O)Cl. The number of carbonyl (C=O) groups is 1. The highest BCUT2D eigenvalue weighted by Gasteiger charge is 2.59. The van der Waals surface area contributed by atoms with Gasteiger partial charge in [0.15, 0.2) is 0 Å². The van der Waals surface area contributed by atoms with Crippen molar-refractivity contribution in [2.24, 2.45) is 17.3 Å². The van der Waals surface area contributed by atoms with Crippen LogP contribution in [0.1, 0.15) is 33.1 Å². The fourth-order valence-corrected chi connectivity index (χ4v) is 2.64. The van der Waals surface area contributed by atoms with Crippen LogP contribution in [0.25, 0.3) is 0 Å². The number of halogens is 1. The van der Waals surface area contributed by atoms with Crippen LogP contribution in [0.15, 0.2) is 11.6 Å². The topological polar surface area (TPSA) is 17.1 Å². The Morgan fingerprint density at radius 3 is 2.46 bits per heavy atom. The molecule has 2 fully saturated rings. The van der Waals surface area contributed by atoms with Gasteiger partial charge in [0.2, 0.25) is 5.24 Å². The smallest absolute Gasteiger partial charge is 0.225 e. The monoisotopic (exact) mass is 198 g/mol. The molecule has 0 saturated heterocycles. The number of rotatable bonds is 2. The molecule has 0 spiro atoms. The van der Waals surface area contributed by atoms with Crippen LogP contribution in [-0.4, -0.2) is 5.24 Å². The van der Waals surface area contributed by atoms with E-state index in [1.165, 1.54) is 24.8 Å². The summed E-state index contributed by atoms with van der Waals surface area (Å²) in [5, 5.41) is -0.161. The van der Waals surface area contributed by atoms with Crippen LogP contribution in [0.2, 0.25) is 0 Å². The van der Waals surface area contributed by atoms with Gasteiger partial charge in [-0.15, -0.1) is 0 Å². The van der Waals surface area contributed by atoms with Crippen LogP contribution in [-0.2, 0) is 4.79 Å². The van der Waals surface area contributed by atoms with Crippen LogP contribution < -0.4 is 0 Å². The molecular weight excluding hydrogens is 184 g/mol. The van der Waals surface area contributed by atoms with Crippen molar-refractivity contribution in [3.8, 4) is 0 Å². The molecule has 2 atom stereocenters. The summed E-state index contributed by atoms with van der Waals surface area (Å²) in [5.41, 5.74) is 1.64. The molecule has 0 aliphatic heterocycles. The Morgan fingerprint density at radius 2 is 2.15 bits per heavy atom. The average molecular weight is 199 g/mol. The molecule has 0 heterocycles. The molecule has 72 valence electrons. The zero-order chi connectivity index (χ0) is 9.64. The van der Waals surface area contributed by atoms with Crippen LogP contribution in [0.4, 0.5) is 0 Å². The first-order chi connectivity index (χ1) is 6.03. The molecule has 2 heteroatoms. The van der Waals surface area contributed by atoms with Gasteiger partial charge in [-0.3, -0.25) is 4.79 Å². The predicted octanol–water partition coefficient (Wildman–Crippen LogP) is 3.13. The quantitative estimate of drug-likeness (QED) is 0.492. The van der Waals surface area contributed by atoms with Crippen molar-refractivity contribution >= 4 is 16.8 Å². The second-order valence-corrected chi connectivity index (χ2v) is 5.18. The molecule has 0 bridgehead atoms. The van der Waals surface area contributed by atoms with Gasteiger partial charge in [-0.1, -0.05) is 25.5 Å². The Bertz CT molecular complexity index is 272. The molecule has 0 amide bonds. The maximum absolute atomic E-state index is 11.1. The summed E-state index contributed by atoms with van der Waals surface area (Å²) in [7, 11) is 0. The van der Waals surface area contributed by atoms with E-state index in [0.717, 1.165) is 0 Å². The first-order valence-corrected chi connectivity index (χ1v) is 5.30. The molecule has 0 N–H and O–H groups in total. The minimum Gasteiger partial charge on any atom is -0.281 e. The third kappa shape index (κ3) is 1.43. The standard InChI is InChI=1S/C11H15ClO/c1-11(2)8(9(11)10(12)13)6-7-4-3-5-7/h6,8-9H,3-5H2,1-2H3. The van der Waals surface area contributed by atoms with Crippen molar-refractivity contribution in [2.45, 2.75) is 33.1 Å². The van der Waals surface area contributed by atoms with Gasteiger partial charge in [0.25, 0.3) is 0 Å². The summed E-state index contributed by atoms with van der Waals surface area (Å²) in [6, 6.07) is 0. The molecular formula is C11H15ClO. The van der Waals surface area contributed by atoms with E-state index in [4.69, 9.17) is 11.6 Å². The Balaban J connectivity index is 2.06. The van der Waals surface area contributed by atoms with Gasteiger partial charge in [-0.25, -0.2) is 0 Å². The Labute approximate surface area is 84.2 Å².